The van der Waals surface area contributed by atoms with E-state index in [2.05, 4.69) is 10.2 Å². The van der Waals surface area contributed by atoms with Crippen LogP contribution in [0.1, 0.15) is 54.3 Å². The molecule has 0 bridgehead atoms. The number of carbonyl (C=O) groups excluding carboxylic acids is 3. The van der Waals surface area contributed by atoms with Gasteiger partial charge in [-0.25, -0.2) is 0 Å². The van der Waals surface area contributed by atoms with Gasteiger partial charge in [-0.3, -0.25) is 14.4 Å². The summed E-state index contributed by atoms with van der Waals surface area (Å²) >= 11 is 0. The Bertz CT molecular complexity index is 1030. The predicted octanol–water partition coefficient (Wildman–Crippen LogP) is 3.88. The van der Waals surface area contributed by atoms with Crippen LogP contribution < -0.4 is 15.0 Å². The van der Waals surface area contributed by atoms with Crippen molar-refractivity contribution < 1.29 is 19.1 Å². The van der Waals surface area contributed by atoms with Crippen molar-refractivity contribution in [1.29, 1.82) is 0 Å². The minimum Gasteiger partial charge on any atom is -0.497 e. The fraction of sp³-hybridized carbons (Fsp3) is 0.444. The lowest BCUT2D eigenvalue weighted by Crippen LogP contribution is -2.36. The maximum absolute atomic E-state index is 13.4. The van der Waals surface area contributed by atoms with Crippen molar-refractivity contribution in [2.45, 2.75) is 33.6 Å². The predicted molar refractivity (Wildman–Crippen MR) is 138 cm³/mol. The van der Waals surface area contributed by atoms with E-state index in [0.29, 0.717) is 61.7 Å². The normalized spacial score (nSPS) is 13.7. The van der Waals surface area contributed by atoms with Crippen LogP contribution in [0.4, 0.5) is 11.4 Å². The van der Waals surface area contributed by atoms with Crippen LogP contribution in [-0.2, 0) is 4.79 Å². The molecule has 35 heavy (non-hydrogen) atoms. The number of hydrogen-bond acceptors (Lipinski definition) is 5. The Morgan fingerprint density at radius 2 is 1.66 bits per heavy atom. The molecule has 0 aromatic heterocycles. The number of ether oxygens (including phenoxy) is 1. The Morgan fingerprint density at radius 1 is 0.943 bits per heavy atom. The molecule has 1 heterocycles. The number of anilines is 2. The van der Waals surface area contributed by atoms with Crippen LogP contribution >= 0.6 is 0 Å². The number of hydrogen-bond donors (Lipinski definition) is 1. The number of benzene rings is 2. The van der Waals surface area contributed by atoms with E-state index >= 15 is 0 Å². The summed E-state index contributed by atoms with van der Waals surface area (Å²) in [5.41, 5.74) is 2.64. The van der Waals surface area contributed by atoms with Crippen molar-refractivity contribution >= 4 is 29.1 Å². The van der Waals surface area contributed by atoms with Gasteiger partial charge in [0.1, 0.15) is 5.75 Å². The van der Waals surface area contributed by atoms with Gasteiger partial charge in [0, 0.05) is 62.6 Å². The second-order valence-electron chi connectivity index (χ2n) is 8.47. The Morgan fingerprint density at radius 3 is 2.29 bits per heavy atom. The number of rotatable bonds is 8. The molecule has 0 saturated carbocycles. The van der Waals surface area contributed by atoms with E-state index in [4.69, 9.17) is 4.74 Å². The lowest BCUT2D eigenvalue weighted by molar-refractivity contribution is -0.115. The van der Waals surface area contributed by atoms with Crippen LogP contribution in [0.3, 0.4) is 0 Å². The van der Waals surface area contributed by atoms with Crippen LogP contribution in [0, 0.1) is 0 Å². The highest BCUT2D eigenvalue weighted by Crippen LogP contribution is 2.27. The van der Waals surface area contributed by atoms with Gasteiger partial charge < -0.3 is 24.8 Å². The molecule has 0 spiro atoms. The molecule has 1 saturated heterocycles. The van der Waals surface area contributed by atoms with Crippen LogP contribution in [-0.4, -0.2) is 73.9 Å². The zero-order valence-electron chi connectivity index (χ0n) is 21.2. The fourth-order valence-corrected chi connectivity index (χ4v) is 4.27. The van der Waals surface area contributed by atoms with E-state index in [-0.39, 0.29) is 17.7 Å². The van der Waals surface area contributed by atoms with Crippen LogP contribution in [0.25, 0.3) is 0 Å². The van der Waals surface area contributed by atoms with Crippen molar-refractivity contribution in [1.82, 2.24) is 9.80 Å². The summed E-state index contributed by atoms with van der Waals surface area (Å²) in [7, 11) is 1.60. The van der Waals surface area contributed by atoms with Gasteiger partial charge in [-0.2, -0.15) is 0 Å². The smallest absolute Gasteiger partial charge is 0.256 e. The first-order chi connectivity index (χ1) is 16.9. The molecule has 1 aliphatic heterocycles. The highest BCUT2D eigenvalue weighted by molar-refractivity contribution is 6.02. The maximum Gasteiger partial charge on any atom is 0.256 e. The minimum absolute atomic E-state index is 0.00781. The largest absolute Gasteiger partial charge is 0.497 e. The highest BCUT2D eigenvalue weighted by Gasteiger charge is 2.25. The summed E-state index contributed by atoms with van der Waals surface area (Å²) < 4.78 is 5.19. The van der Waals surface area contributed by atoms with Crippen LogP contribution in [0.15, 0.2) is 42.5 Å². The summed E-state index contributed by atoms with van der Waals surface area (Å²) in [4.78, 5) is 44.2. The number of carbonyl (C=O) groups is 3. The SMILES string of the molecule is CCC(=O)Nc1ccc(N2CCCN(C(=O)c3ccc(OC)cc3)CC2)c(C(=O)N(CC)CC)c1. The third-order valence-electron chi connectivity index (χ3n) is 6.34. The Hall–Kier alpha value is -3.55. The molecular weight excluding hydrogens is 444 g/mol. The quantitative estimate of drug-likeness (QED) is 0.620. The molecule has 3 amide bonds. The zero-order chi connectivity index (χ0) is 25.4. The Labute approximate surface area is 207 Å². The van der Waals surface area contributed by atoms with Gasteiger partial charge >= 0.3 is 0 Å². The summed E-state index contributed by atoms with van der Waals surface area (Å²) in [5, 5.41) is 2.86. The summed E-state index contributed by atoms with van der Waals surface area (Å²) in [5.74, 6) is 0.550. The second-order valence-corrected chi connectivity index (χ2v) is 8.47. The Kier molecular flexibility index (Phi) is 9.11. The molecule has 188 valence electrons. The molecule has 2 aromatic rings. The first-order valence-corrected chi connectivity index (χ1v) is 12.3. The maximum atomic E-state index is 13.4. The number of amides is 3. The topological polar surface area (TPSA) is 82.2 Å². The molecule has 0 unspecified atom stereocenters. The minimum atomic E-state index is -0.0959. The van der Waals surface area contributed by atoms with Crippen molar-refractivity contribution in [2.75, 3.05) is 56.6 Å². The summed E-state index contributed by atoms with van der Waals surface area (Å²) in [6.45, 7) is 9.45. The average molecular weight is 481 g/mol. The molecule has 1 aliphatic rings. The molecule has 3 rings (SSSR count). The summed E-state index contributed by atoms with van der Waals surface area (Å²) in [6, 6.07) is 12.7. The molecule has 1 N–H and O–H groups in total. The third-order valence-corrected chi connectivity index (χ3v) is 6.34. The molecule has 8 nitrogen and oxygen atoms in total. The molecule has 2 aromatic carbocycles. The molecule has 0 aliphatic carbocycles. The third kappa shape index (κ3) is 6.32. The standard InChI is InChI=1S/C27H36N4O4/c1-5-25(32)28-21-11-14-24(23(19-21)27(34)29(6-2)7-3)30-15-8-16-31(18-17-30)26(33)20-9-12-22(35-4)13-10-20/h9-14,19H,5-8,15-18H2,1-4H3,(H,28,32). The van der Waals surface area contributed by atoms with Crippen LogP contribution in [0.5, 0.6) is 5.75 Å². The molecule has 0 radical (unpaired) electrons. The fourth-order valence-electron chi connectivity index (χ4n) is 4.27. The molecule has 0 atom stereocenters. The van der Waals surface area contributed by atoms with E-state index in [9.17, 15) is 14.4 Å². The first-order valence-electron chi connectivity index (χ1n) is 12.3. The highest BCUT2D eigenvalue weighted by atomic mass is 16.5. The Balaban J connectivity index is 1.83. The van der Waals surface area contributed by atoms with Gasteiger partial charge in [0.2, 0.25) is 5.91 Å². The molecule has 8 heteroatoms. The number of nitrogens with zero attached hydrogens (tertiary/aromatic N) is 3. The molecule has 1 fully saturated rings. The van der Waals surface area contributed by atoms with Gasteiger partial charge in [0.25, 0.3) is 11.8 Å². The monoisotopic (exact) mass is 480 g/mol. The van der Waals surface area contributed by atoms with Crippen molar-refractivity contribution in [3.8, 4) is 5.75 Å². The lowest BCUT2D eigenvalue weighted by Gasteiger charge is -2.28. The van der Waals surface area contributed by atoms with E-state index < -0.39 is 0 Å². The van der Waals surface area contributed by atoms with E-state index in [0.717, 1.165) is 18.7 Å². The van der Waals surface area contributed by atoms with Gasteiger partial charge in [-0.1, -0.05) is 6.92 Å². The van der Waals surface area contributed by atoms with Gasteiger partial charge in [-0.15, -0.1) is 0 Å². The first kappa shape index (κ1) is 26.1. The van der Waals surface area contributed by atoms with E-state index in [1.165, 1.54) is 0 Å². The number of methoxy groups -OCH3 is 1. The van der Waals surface area contributed by atoms with E-state index in [1.807, 2.05) is 30.9 Å². The average Bonchev–Trinajstić information content (AvgIpc) is 3.15. The summed E-state index contributed by atoms with van der Waals surface area (Å²) in [6.07, 6.45) is 1.15. The second kappa shape index (κ2) is 12.2. The van der Waals surface area contributed by atoms with E-state index in [1.54, 1.807) is 49.3 Å². The van der Waals surface area contributed by atoms with Crippen LogP contribution in [0.2, 0.25) is 0 Å². The van der Waals surface area contributed by atoms with Gasteiger partial charge in [-0.05, 0) is 62.7 Å². The van der Waals surface area contributed by atoms with Gasteiger partial charge in [0.05, 0.1) is 12.7 Å². The van der Waals surface area contributed by atoms with Gasteiger partial charge in [0.15, 0.2) is 0 Å². The zero-order valence-corrected chi connectivity index (χ0v) is 21.2. The lowest BCUT2D eigenvalue weighted by atomic mass is 10.1. The van der Waals surface area contributed by atoms with Crippen molar-refractivity contribution in [3.05, 3.63) is 53.6 Å². The number of nitrogens with one attached hydrogen (secondary N) is 1. The van der Waals surface area contributed by atoms with Crippen molar-refractivity contribution in [3.63, 3.8) is 0 Å². The molecular formula is C27H36N4O4. The van der Waals surface area contributed by atoms with Crippen molar-refractivity contribution in [2.24, 2.45) is 0 Å².